The van der Waals surface area contributed by atoms with Gasteiger partial charge in [-0.25, -0.2) is 0 Å². The normalized spacial score (nSPS) is 20.2. The lowest BCUT2D eigenvalue weighted by Crippen LogP contribution is -2.40. The van der Waals surface area contributed by atoms with Crippen molar-refractivity contribution in [3.05, 3.63) is 57.3 Å². The summed E-state index contributed by atoms with van der Waals surface area (Å²) < 4.78 is 0. The summed E-state index contributed by atoms with van der Waals surface area (Å²) in [6.45, 7) is 6.33. The number of hydrogen-bond acceptors (Lipinski definition) is 3. The summed E-state index contributed by atoms with van der Waals surface area (Å²) in [6.07, 6.45) is 2.22. The average Bonchev–Trinajstić information content (AvgIpc) is 3.00. The molecule has 0 bridgehead atoms. The molecule has 3 heteroatoms. The maximum absolute atomic E-state index is 6.18. The molecule has 1 aromatic heterocycles. The second-order valence-electron chi connectivity index (χ2n) is 5.77. The molecule has 0 fully saturated rings. The fourth-order valence-electron chi connectivity index (χ4n) is 3.58. The van der Waals surface area contributed by atoms with Crippen LogP contribution in [-0.4, -0.2) is 18.0 Å². The molecule has 3 rings (SSSR count). The van der Waals surface area contributed by atoms with Crippen molar-refractivity contribution in [2.75, 3.05) is 13.1 Å². The minimum Gasteiger partial charge on any atom is -0.329 e. The molecule has 2 aromatic rings. The van der Waals surface area contributed by atoms with Gasteiger partial charge in [-0.2, -0.15) is 0 Å². The second kappa shape index (κ2) is 6.30. The fraction of sp³-hybridized carbons (Fsp3) is 0.444. The van der Waals surface area contributed by atoms with E-state index in [-0.39, 0.29) is 0 Å². The van der Waals surface area contributed by atoms with Crippen LogP contribution < -0.4 is 5.73 Å². The van der Waals surface area contributed by atoms with Gasteiger partial charge < -0.3 is 5.73 Å². The van der Waals surface area contributed by atoms with Crippen molar-refractivity contribution in [3.63, 3.8) is 0 Å². The van der Waals surface area contributed by atoms with E-state index in [0.717, 1.165) is 19.4 Å². The third-order valence-electron chi connectivity index (χ3n) is 4.74. The Bertz CT molecular complexity index is 605. The van der Waals surface area contributed by atoms with E-state index < -0.39 is 0 Å². The molecular weight excluding hydrogens is 276 g/mol. The van der Waals surface area contributed by atoms with E-state index >= 15 is 0 Å². The maximum Gasteiger partial charge on any atom is 0.0479 e. The minimum atomic E-state index is 0.323. The van der Waals surface area contributed by atoms with Crippen molar-refractivity contribution in [1.29, 1.82) is 0 Å². The van der Waals surface area contributed by atoms with E-state index in [1.165, 1.54) is 16.7 Å². The van der Waals surface area contributed by atoms with Crippen molar-refractivity contribution in [2.45, 2.75) is 38.8 Å². The van der Waals surface area contributed by atoms with Gasteiger partial charge in [0.15, 0.2) is 0 Å². The Balaban J connectivity index is 1.94. The number of rotatable bonds is 4. The number of fused-ring (bicyclic) bond motifs is 1. The molecule has 1 aliphatic rings. The molecule has 2 atom stereocenters. The summed E-state index contributed by atoms with van der Waals surface area (Å²) in [5.74, 6) is 0. The van der Waals surface area contributed by atoms with Crippen LogP contribution in [0, 0.1) is 0 Å². The standard InChI is InChI=1S/C18H24N2S/c1-3-14-6-4-5-7-16(14)17(12-19)20-10-8-18-15(13(20)2)9-11-21-18/h4-7,9,11,13,17H,3,8,10,12,19H2,1-2H3. The van der Waals surface area contributed by atoms with Crippen LogP contribution in [0.3, 0.4) is 0 Å². The highest BCUT2D eigenvalue weighted by molar-refractivity contribution is 7.10. The van der Waals surface area contributed by atoms with E-state index in [1.807, 2.05) is 11.3 Å². The van der Waals surface area contributed by atoms with Gasteiger partial charge in [0.1, 0.15) is 0 Å². The highest BCUT2D eigenvalue weighted by atomic mass is 32.1. The average molecular weight is 300 g/mol. The molecule has 0 aliphatic carbocycles. The number of nitrogens with two attached hydrogens (primary N) is 1. The first kappa shape index (κ1) is 14.8. The lowest BCUT2D eigenvalue weighted by Gasteiger charge is -2.40. The van der Waals surface area contributed by atoms with Gasteiger partial charge in [-0.15, -0.1) is 11.3 Å². The molecule has 0 saturated heterocycles. The summed E-state index contributed by atoms with van der Waals surface area (Å²) >= 11 is 1.90. The van der Waals surface area contributed by atoms with Gasteiger partial charge in [0.2, 0.25) is 0 Å². The smallest absolute Gasteiger partial charge is 0.0479 e. The fourth-order valence-corrected chi connectivity index (χ4v) is 4.54. The van der Waals surface area contributed by atoms with E-state index in [9.17, 15) is 0 Å². The van der Waals surface area contributed by atoms with Gasteiger partial charge in [0, 0.05) is 30.1 Å². The lowest BCUT2D eigenvalue weighted by molar-refractivity contribution is 0.138. The summed E-state index contributed by atoms with van der Waals surface area (Å²) in [5.41, 5.74) is 10.5. The number of aryl methyl sites for hydroxylation is 1. The Morgan fingerprint density at radius 1 is 1.33 bits per heavy atom. The summed E-state index contributed by atoms with van der Waals surface area (Å²) in [5, 5.41) is 2.22. The third kappa shape index (κ3) is 2.66. The van der Waals surface area contributed by atoms with E-state index in [2.05, 4.69) is 54.5 Å². The van der Waals surface area contributed by atoms with Gasteiger partial charge in [0.05, 0.1) is 0 Å². The first-order valence-electron chi connectivity index (χ1n) is 7.86. The van der Waals surface area contributed by atoms with Crippen molar-refractivity contribution in [1.82, 2.24) is 4.90 Å². The Labute approximate surface area is 131 Å². The molecule has 0 spiro atoms. The zero-order chi connectivity index (χ0) is 14.8. The van der Waals surface area contributed by atoms with Gasteiger partial charge >= 0.3 is 0 Å². The van der Waals surface area contributed by atoms with E-state index in [4.69, 9.17) is 5.73 Å². The van der Waals surface area contributed by atoms with Crippen LogP contribution in [0.25, 0.3) is 0 Å². The van der Waals surface area contributed by atoms with E-state index in [1.54, 1.807) is 4.88 Å². The molecule has 0 saturated carbocycles. The number of nitrogens with zero attached hydrogens (tertiary/aromatic N) is 1. The number of benzene rings is 1. The quantitative estimate of drug-likeness (QED) is 0.927. The Morgan fingerprint density at radius 2 is 2.14 bits per heavy atom. The van der Waals surface area contributed by atoms with Gasteiger partial charge in [-0.05, 0) is 47.9 Å². The highest BCUT2D eigenvalue weighted by Gasteiger charge is 2.30. The molecule has 1 aromatic carbocycles. The summed E-state index contributed by atoms with van der Waals surface area (Å²) in [4.78, 5) is 4.14. The van der Waals surface area contributed by atoms with Crippen LogP contribution in [0.4, 0.5) is 0 Å². The predicted molar refractivity (Wildman–Crippen MR) is 90.8 cm³/mol. The molecule has 2 nitrogen and oxygen atoms in total. The molecular formula is C18H24N2S. The topological polar surface area (TPSA) is 29.3 Å². The second-order valence-corrected chi connectivity index (χ2v) is 6.77. The molecule has 112 valence electrons. The molecule has 2 N–H and O–H groups in total. The zero-order valence-corrected chi connectivity index (χ0v) is 13.7. The first-order chi connectivity index (χ1) is 10.3. The van der Waals surface area contributed by atoms with Crippen LogP contribution in [0.5, 0.6) is 0 Å². The highest BCUT2D eigenvalue weighted by Crippen LogP contribution is 2.38. The van der Waals surface area contributed by atoms with Crippen LogP contribution in [0.1, 0.15) is 47.5 Å². The molecule has 21 heavy (non-hydrogen) atoms. The van der Waals surface area contributed by atoms with Crippen LogP contribution in [-0.2, 0) is 12.8 Å². The number of thiophene rings is 1. The van der Waals surface area contributed by atoms with Crippen LogP contribution in [0.2, 0.25) is 0 Å². The summed E-state index contributed by atoms with van der Waals surface area (Å²) in [7, 11) is 0. The minimum absolute atomic E-state index is 0.323. The maximum atomic E-state index is 6.18. The lowest BCUT2D eigenvalue weighted by atomic mass is 9.93. The van der Waals surface area contributed by atoms with Crippen LogP contribution in [0.15, 0.2) is 35.7 Å². The van der Waals surface area contributed by atoms with E-state index in [0.29, 0.717) is 18.6 Å². The van der Waals surface area contributed by atoms with Crippen molar-refractivity contribution in [3.8, 4) is 0 Å². The monoisotopic (exact) mass is 300 g/mol. The van der Waals surface area contributed by atoms with Gasteiger partial charge in [-0.3, -0.25) is 4.90 Å². The molecule has 0 amide bonds. The van der Waals surface area contributed by atoms with Crippen molar-refractivity contribution in [2.24, 2.45) is 5.73 Å². The molecule has 1 aliphatic heterocycles. The van der Waals surface area contributed by atoms with Gasteiger partial charge in [-0.1, -0.05) is 31.2 Å². The Kier molecular flexibility index (Phi) is 4.43. The largest absolute Gasteiger partial charge is 0.329 e. The third-order valence-corrected chi connectivity index (χ3v) is 5.74. The van der Waals surface area contributed by atoms with Crippen molar-refractivity contribution >= 4 is 11.3 Å². The summed E-state index contributed by atoms with van der Waals surface area (Å²) in [6, 6.07) is 11.8. The van der Waals surface area contributed by atoms with Gasteiger partial charge in [0.25, 0.3) is 0 Å². The van der Waals surface area contributed by atoms with Crippen LogP contribution >= 0.6 is 11.3 Å². The SMILES string of the molecule is CCc1ccccc1C(CN)N1CCc2sccc2C1C. The Morgan fingerprint density at radius 3 is 2.90 bits per heavy atom. The predicted octanol–water partition coefficient (Wildman–Crippen LogP) is 3.93. The molecule has 2 heterocycles. The molecule has 2 unspecified atom stereocenters. The Hall–Kier alpha value is -1.16. The first-order valence-corrected chi connectivity index (χ1v) is 8.74. The zero-order valence-electron chi connectivity index (χ0n) is 12.9. The van der Waals surface area contributed by atoms with Crippen molar-refractivity contribution < 1.29 is 0 Å². The molecule has 0 radical (unpaired) electrons. The number of hydrogen-bond donors (Lipinski definition) is 1.